The molecule has 0 radical (unpaired) electrons. The number of amides is 2. The topological polar surface area (TPSA) is 84.5 Å². The van der Waals surface area contributed by atoms with Crippen molar-refractivity contribution in [2.24, 2.45) is 5.92 Å². The Morgan fingerprint density at radius 1 is 1.41 bits per heavy atom. The third-order valence-corrected chi connectivity index (χ3v) is 4.24. The molecule has 1 fully saturated rings. The van der Waals surface area contributed by atoms with Crippen LogP contribution in [0, 0.1) is 12.8 Å². The lowest BCUT2D eigenvalue weighted by Gasteiger charge is -2.39. The maximum Gasteiger partial charge on any atom is 0.329 e. The lowest BCUT2D eigenvalue weighted by atomic mass is 9.82. The second-order valence-corrected chi connectivity index (χ2v) is 5.70. The smallest absolute Gasteiger partial charge is 0.329 e. The fourth-order valence-corrected chi connectivity index (χ4v) is 3.02. The summed E-state index contributed by atoms with van der Waals surface area (Å²) >= 11 is 0. The average molecular weight is 302 g/mol. The van der Waals surface area contributed by atoms with Crippen LogP contribution >= 0.6 is 0 Å². The Balaban J connectivity index is 1.90. The van der Waals surface area contributed by atoms with E-state index in [1.165, 1.54) is 0 Å². The minimum Gasteiger partial charge on any atom is -0.455 e. The van der Waals surface area contributed by atoms with E-state index in [0.717, 1.165) is 16.8 Å². The van der Waals surface area contributed by atoms with Crippen LogP contribution in [0.5, 0.6) is 0 Å². The zero-order chi connectivity index (χ0) is 15.9. The molecule has 2 amide bonds. The van der Waals surface area contributed by atoms with E-state index in [4.69, 9.17) is 4.74 Å². The summed E-state index contributed by atoms with van der Waals surface area (Å²) in [5.41, 5.74) is 2.47. The van der Waals surface area contributed by atoms with Crippen molar-refractivity contribution >= 4 is 23.5 Å². The summed E-state index contributed by atoms with van der Waals surface area (Å²) in [6, 6.07) is 4.87. The predicted octanol–water partition coefficient (Wildman–Crippen LogP) is 1.45. The Bertz CT molecular complexity index is 656. The van der Waals surface area contributed by atoms with Crippen LogP contribution in [0.4, 0.5) is 5.69 Å². The van der Waals surface area contributed by atoms with Gasteiger partial charge in [0.05, 0.1) is 11.6 Å². The highest BCUT2D eigenvalue weighted by molar-refractivity contribution is 5.99. The summed E-state index contributed by atoms with van der Waals surface area (Å²) in [5.74, 6) is -1.36. The van der Waals surface area contributed by atoms with Crippen molar-refractivity contribution in [3.63, 3.8) is 0 Å². The molecule has 22 heavy (non-hydrogen) atoms. The van der Waals surface area contributed by atoms with E-state index in [-0.39, 0.29) is 24.7 Å². The zero-order valence-electron chi connectivity index (χ0n) is 12.5. The highest BCUT2D eigenvalue weighted by atomic mass is 16.5. The van der Waals surface area contributed by atoms with Gasteiger partial charge in [-0.3, -0.25) is 9.59 Å². The molecule has 3 atom stereocenters. The number of hydrogen-bond donors (Lipinski definition) is 2. The van der Waals surface area contributed by atoms with Crippen molar-refractivity contribution in [3.8, 4) is 0 Å². The molecule has 1 saturated heterocycles. The maximum atomic E-state index is 12.3. The number of anilines is 1. The number of aryl methyl sites for hydroxylation is 1. The molecule has 0 spiro atoms. The molecule has 2 heterocycles. The van der Waals surface area contributed by atoms with Gasteiger partial charge in [0.1, 0.15) is 12.1 Å². The van der Waals surface area contributed by atoms with Crippen LogP contribution in [0.15, 0.2) is 18.2 Å². The normalized spacial score (nSPS) is 26.4. The molecule has 0 saturated carbocycles. The lowest BCUT2D eigenvalue weighted by Crippen LogP contribution is -2.51. The number of esters is 1. The van der Waals surface area contributed by atoms with Crippen LogP contribution in [0.25, 0.3) is 0 Å². The van der Waals surface area contributed by atoms with Crippen molar-refractivity contribution in [2.75, 3.05) is 5.32 Å². The minimum absolute atomic E-state index is 0.171. The van der Waals surface area contributed by atoms with Gasteiger partial charge in [-0.15, -0.1) is 0 Å². The van der Waals surface area contributed by atoms with E-state index in [0.29, 0.717) is 0 Å². The molecule has 6 nitrogen and oxygen atoms in total. The number of carbonyl (C=O) groups excluding carboxylic acids is 3. The Morgan fingerprint density at radius 3 is 2.91 bits per heavy atom. The fourth-order valence-electron chi connectivity index (χ4n) is 3.02. The van der Waals surface area contributed by atoms with E-state index in [2.05, 4.69) is 10.6 Å². The lowest BCUT2D eigenvalue weighted by molar-refractivity contribution is -0.166. The van der Waals surface area contributed by atoms with E-state index < -0.39 is 24.0 Å². The van der Waals surface area contributed by atoms with Crippen molar-refractivity contribution < 1.29 is 19.1 Å². The van der Waals surface area contributed by atoms with Crippen molar-refractivity contribution in [3.05, 3.63) is 29.3 Å². The van der Waals surface area contributed by atoms with Crippen molar-refractivity contribution in [1.82, 2.24) is 5.32 Å². The SMILES string of the molecule is CCC(=O)N[C@@H]1C[C@H]2C(=O)Nc3c(C)cccc3[C@@H]2OC1=O. The summed E-state index contributed by atoms with van der Waals surface area (Å²) in [7, 11) is 0. The van der Waals surface area contributed by atoms with Gasteiger partial charge < -0.3 is 15.4 Å². The number of ether oxygens (including phenoxy) is 1. The summed E-state index contributed by atoms with van der Waals surface area (Å²) in [5, 5.41) is 5.50. The van der Waals surface area contributed by atoms with Gasteiger partial charge in [0.2, 0.25) is 11.8 Å². The quantitative estimate of drug-likeness (QED) is 0.810. The van der Waals surface area contributed by atoms with Crippen LogP contribution in [0.1, 0.15) is 37.0 Å². The first-order valence-corrected chi connectivity index (χ1v) is 7.41. The summed E-state index contributed by atoms with van der Waals surface area (Å²) < 4.78 is 5.49. The third kappa shape index (κ3) is 2.34. The molecule has 2 aliphatic rings. The van der Waals surface area contributed by atoms with Gasteiger partial charge in [-0.2, -0.15) is 0 Å². The molecule has 1 aromatic carbocycles. The largest absolute Gasteiger partial charge is 0.455 e. The summed E-state index contributed by atoms with van der Waals surface area (Å²) in [4.78, 5) is 36.0. The van der Waals surface area contributed by atoms with E-state index in [1.807, 2.05) is 25.1 Å². The fraction of sp³-hybridized carbons (Fsp3) is 0.438. The van der Waals surface area contributed by atoms with Gasteiger partial charge in [-0.1, -0.05) is 25.1 Å². The molecule has 3 rings (SSSR count). The first-order chi connectivity index (χ1) is 10.5. The minimum atomic E-state index is -0.759. The molecule has 0 bridgehead atoms. The van der Waals surface area contributed by atoms with Gasteiger partial charge in [0.15, 0.2) is 0 Å². The summed E-state index contributed by atoms with van der Waals surface area (Å²) in [6.07, 6.45) is -0.0356. The zero-order valence-corrected chi connectivity index (χ0v) is 12.5. The van der Waals surface area contributed by atoms with Crippen LogP contribution in [-0.4, -0.2) is 23.8 Å². The third-order valence-electron chi connectivity index (χ3n) is 4.24. The Labute approximate surface area is 128 Å². The van der Waals surface area contributed by atoms with Crippen LogP contribution in [0.3, 0.4) is 0 Å². The van der Waals surface area contributed by atoms with Gasteiger partial charge in [-0.25, -0.2) is 4.79 Å². The van der Waals surface area contributed by atoms with Crippen LogP contribution < -0.4 is 10.6 Å². The second-order valence-electron chi connectivity index (χ2n) is 5.70. The highest BCUT2D eigenvalue weighted by Crippen LogP contribution is 2.42. The molecule has 0 unspecified atom stereocenters. The second kappa shape index (κ2) is 5.44. The number of carbonyl (C=O) groups is 3. The molecule has 2 N–H and O–H groups in total. The Kier molecular flexibility index (Phi) is 3.60. The van der Waals surface area contributed by atoms with Gasteiger partial charge in [0.25, 0.3) is 0 Å². The van der Waals surface area contributed by atoms with Gasteiger partial charge in [0, 0.05) is 12.0 Å². The average Bonchev–Trinajstić information content (AvgIpc) is 2.50. The molecule has 0 aliphatic carbocycles. The van der Waals surface area contributed by atoms with Crippen LogP contribution in [0.2, 0.25) is 0 Å². The Hall–Kier alpha value is -2.37. The van der Waals surface area contributed by atoms with E-state index in [1.54, 1.807) is 6.92 Å². The number of benzene rings is 1. The monoisotopic (exact) mass is 302 g/mol. The molecule has 1 aromatic rings. The van der Waals surface area contributed by atoms with Crippen LogP contribution in [-0.2, 0) is 19.1 Å². The molecule has 0 aromatic heterocycles. The summed E-state index contributed by atoms with van der Waals surface area (Å²) in [6.45, 7) is 3.60. The number of para-hydroxylation sites is 1. The van der Waals surface area contributed by atoms with Gasteiger partial charge in [-0.05, 0) is 18.9 Å². The van der Waals surface area contributed by atoms with E-state index >= 15 is 0 Å². The molecule has 6 heteroatoms. The Morgan fingerprint density at radius 2 is 2.18 bits per heavy atom. The number of hydrogen-bond acceptors (Lipinski definition) is 4. The molecular formula is C16H18N2O4. The molecule has 116 valence electrons. The first-order valence-electron chi connectivity index (χ1n) is 7.41. The van der Waals surface area contributed by atoms with Gasteiger partial charge >= 0.3 is 5.97 Å². The maximum absolute atomic E-state index is 12.3. The van der Waals surface area contributed by atoms with Crippen molar-refractivity contribution in [1.29, 1.82) is 0 Å². The number of fused-ring (bicyclic) bond motifs is 3. The predicted molar refractivity (Wildman–Crippen MR) is 79.0 cm³/mol. The standard InChI is InChI=1S/C16H18N2O4/c1-3-12(19)17-11-7-10-14(22-16(11)21)9-6-4-5-8(2)13(9)18-15(10)20/h4-6,10-11,14H,3,7H2,1-2H3,(H,17,19)(H,18,20)/t10-,11-,14+/m1/s1. The molecular weight excluding hydrogens is 284 g/mol. The van der Waals surface area contributed by atoms with Crippen molar-refractivity contribution in [2.45, 2.75) is 38.8 Å². The highest BCUT2D eigenvalue weighted by Gasteiger charge is 2.46. The number of rotatable bonds is 2. The number of nitrogens with one attached hydrogen (secondary N) is 2. The first kappa shape index (κ1) is 14.6. The van der Waals surface area contributed by atoms with E-state index in [9.17, 15) is 14.4 Å². The molecule has 2 aliphatic heterocycles.